The van der Waals surface area contributed by atoms with E-state index in [0.717, 1.165) is 39.0 Å². The highest BCUT2D eigenvalue weighted by Gasteiger charge is 2.34. The van der Waals surface area contributed by atoms with E-state index in [1.165, 1.54) is 6.33 Å². The van der Waals surface area contributed by atoms with Crippen LogP contribution in [0.4, 0.5) is 0 Å². The summed E-state index contributed by atoms with van der Waals surface area (Å²) in [7, 11) is 0. The van der Waals surface area contributed by atoms with Crippen LogP contribution in [0.2, 0.25) is 0 Å². The van der Waals surface area contributed by atoms with Crippen molar-refractivity contribution in [1.82, 2.24) is 24.6 Å². The maximum Gasteiger partial charge on any atom is 0.227 e. The SMILES string of the molecule is CC(Cn1cncn1)C(=O)N1CCC(N2CC(O)C2)CC1. The van der Waals surface area contributed by atoms with Crippen LogP contribution in [0.1, 0.15) is 19.8 Å². The van der Waals surface area contributed by atoms with E-state index in [4.69, 9.17) is 0 Å². The number of hydrogen-bond donors (Lipinski definition) is 1. The fourth-order valence-electron chi connectivity index (χ4n) is 3.23. The molecule has 1 atom stereocenters. The number of aliphatic hydroxyl groups excluding tert-OH is 1. The molecule has 1 aromatic rings. The molecule has 2 aliphatic rings. The zero-order valence-corrected chi connectivity index (χ0v) is 12.4. The minimum Gasteiger partial charge on any atom is -0.390 e. The van der Waals surface area contributed by atoms with Crippen molar-refractivity contribution in [2.75, 3.05) is 26.2 Å². The van der Waals surface area contributed by atoms with Crippen LogP contribution in [0.15, 0.2) is 12.7 Å². The smallest absolute Gasteiger partial charge is 0.227 e. The van der Waals surface area contributed by atoms with Gasteiger partial charge in [0.05, 0.1) is 18.6 Å². The number of aromatic nitrogens is 3. The summed E-state index contributed by atoms with van der Waals surface area (Å²) in [5, 5.41) is 13.4. The summed E-state index contributed by atoms with van der Waals surface area (Å²) in [5.41, 5.74) is 0. The third-order valence-corrected chi connectivity index (χ3v) is 4.53. The van der Waals surface area contributed by atoms with E-state index in [1.54, 1.807) is 11.0 Å². The second-order valence-corrected chi connectivity index (χ2v) is 6.18. The fourth-order valence-corrected chi connectivity index (χ4v) is 3.23. The number of hydrogen-bond acceptors (Lipinski definition) is 5. The molecule has 0 radical (unpaired) electrons. The number of nitrogens with zero attached hydrogens (tertiary/aromatic N) is 5. The summed E-state index contributed by atoms with van der Waals surface area (Å²) in [6.07, 6.45) is 5.01. The van der Waals surface area contributed by atoms with Crippen molar-refractivity contribution in [1.29, 1.82) is 0 Å². The Morgan fingerprint density at radius 1 is 1.38 bits per heavy atom. The second kappa shape index (κ2) is 6.11. The van der Waals surface area contributed by atoms with Gasteiger partial charge in [0.2, 0.25) is 5.91 Å². The van der Waals surface area contributed by atoms with Crippen LogP contribution in [-0.4, -0.2) is 73.9 Å². The number of β-amino-alcohol motifs (C(OH)–C–C–N with tert-alkyl or cyclic N) is 1. The lowest BCUT2D eigenvalue weighted by atomic mass is 9.97. The summed E-state index contributed by atoms with van der Waals surface area (Å²) in [6, 6.07) is 0.531. The van der Waals surface area contributed by atoms with Crippen molar-refractivity contribution >= 4 is 5.91 Å². The normalized spacial score (nSPS) is 23.0. The molecule has 7 nitrogen and oxygen atoms in total. The van der Waals surface area contributed by atoms with Gasteiger partial charge in [-0.25, -0.2) is 4.98 Å². The lowest BCUT2D eigenvalue weighted by molar-refractivity contribution is -0.138. The number of piperidine rings is 1. The molecule has 0 aromatic carbocycles. The van der Waals surface area contributed by atoms with Crippen molar-refractivity contribution in [2.24, 2.45) is 5.92 Å². The van der Waals surface area contributed by atoms with Crippen LogP contribution in [-0.2, 0) is 11.3 Å². The van der Waals surface area contributed by atoms with Gasteiger partial charge in [-0.15, -0.1) is 0 Å². The Balaban J connectivity index is 1.46. The first-order valence-electron chi connectivity index (χ1n) is 7.67. The van der Waals surface area contributed by atoms with Gasteiger partial charge in [-0.2, -0.15) is 5.10 Å². The van der Waals surface area contributed by atoms with Gasteiger partial charge in [0.1, 0.15) is 12.7 Å². The molecule has 1 amide bonds. The topological polar surface area (TPSA) is 74.5 Å². The number of likely N-dealkylation sites (tertiary alicyclic amines) is 2. The van der Waals surface area contributed by atoms with Crippen molar-refractivity contribution in [3.05, 3.63) is 12.7 Å². The number of carbonyl (C=O) groups is 1. The molecule has 0 bridgehead atoms. The average Bonchev–Trinajstić information content (AvgIpc) is 2.96. The largest absolute Gasteiger partial charge is 0.390 e. The van der Waals surface area contributed by atoms with Crippen LogP contribution in [0.5, 0.6) is 0 Å². The van der Waals surface area contributed by atoms with E-state index in [-0.39, 0.29) is 17.9 Å². The minimum absolute atomic E-state index is 0.0749. The first-order chi connectivity index (χ1) is 10.1. The molecule has 0 spiro atoms. The monoisotopic (exact) mass is 293 g/mol. The lowest BCUT2D eigenvalue weighted by Gasteiger charge is -2.45. The van der Waals surface area contributed by atoms with Crippen LogP contribution in [0, 0.1) is 5.92 Å². The fraction of sp³-hybridized carbons (Fsp3) is 0.786. The Bertz CT molecular complexity index is 464. The van der Waals surface area contributed by atoms with Crippen LogP contribution in [0.3, 0.4) is 0 Å². The maximum atomic E-state index is 12.4. The van der Waals surface area contributed by atoms with E-state index in [1.807, 2.05) is 11.8 Å². The van der Waals surface area contributed by atoms with Gasteiger partial charge in [0, 0.05) is 32.2 Å². The summed E-state index contributed by atoms with van der Waals surface area (Å²) in [6.45, 7) is 5.75. The van der Waals surface area contributed by atoms with Gasteiger partial charge in [-0.1, -0.05) is 6.92 Å². The summed E-state index contributed by atoms with van der Waals surface area (Å²) in [5.74, 6) is 0.127. The van der Waals surface area contributed by atoms with Gasteiger partial charge >= 0.3 is 0 Å². The Morgan fingerprint density at radius 2 is 2.10 bits per heavy atom. The predicted molar refractivity (Wildman–Crippen MR) is 76.4 cm³/mol. The van der Waals surface area contributed by atoms with E-state index < -0.39 is 0 Å². The van der Waals surface area contributed by atoms with Gasteiger partial charge in [-0.05, 0) is 12.8 Å². The Labute approximate surface area is 124 Å². The molecule has 21 heavy (non-hydrogen) atoms. The number of rotatable bonds is 4. The lowest BCUT2D eigenvalue weighted by Crippen LogP contribution is -2.58. The Kier molecular flexibility index (Phi) is 4.21. The molecule has 1 aromatic heterocycles. The second-order valence-electron chi connectivity index (χ2n) is 6.18. The van der Waals surface area contributed by atoms with E-state index >= 15 is 0 Å². The molecule has 2 saturated heterocycles. The van der Waals surface area contributed by atoms with E-state index in [9.17, 15) is 9.90 Å². The van der Waals surface area contributed by atoms with Crippen molar-refractivity contribution < 1.29 is 9.90 Å². The standard InChI is InChI=1S/C14H23N5O2/c1-11(6-19-10-15-9-16-19)14(21)17-4-2-12(3-5-17)18-7-13(20)8-18/h9-13,20H,2-8H2,1H3. The molecule has 7 heteroatoms. The Morgan fingerprint density at radius 3 is 2.67 bits per heavy atom. The van der Waals surface area contributed by atoms with Crippen LogP contribution in [0.25, 0.3) is 0 Å². The summed E-state index contributed by atoms with van der Waals surface area (Å²) in [4.78, 5) is 20.6. The quantitative estimate of drug-likeness (QED) is 0.816. The highest BCUT2D eigenvalue weighted by atomic mass is 16.3. The molecule has 0 aliphatic carbocycles. The van der Waals surface area contributed by atoms with E-state index in [0.29, 0.717) is 12.6 Å². The molecule has 116 valence electrons. The molecule has 3 heterocycles. The third-order valence-electron chi connectivity index (χ3n) is 4.53. The molecule has 3 rings (SSSR count). The first-order valence-corrected chi connectivity index (χ1v) is 7.67. The molecule has 1 unspecified atom stereocenters. The molecule has 2 aliphatic heterocycles. The van der Waals surface area contributed by atoms with Gasteiger partial charge in [-0.3, -0.25) is 14.4 Å². The number of aliphatic hydroxyl groups is 1. The molecular weight excluding hydrogens is 270 g/mol. The van der Waals surface area contributed by atoms with Gasteiger partial charge in [0.25, 0.3) is 0 Å². The zero-order chi connectivity index (χ0) is 14.8. The number of carbonyl (C=O) groups excluding carboxylic acids is 1. The first kappa shape index (κ1) is 14.5. The minimum atomic E-state index is -0.146. The molecule has 0 saturated carbocycles. The van der Waals surface area contributed by atoms with Gasteiger partial charge < -0.3 is 10.0 Å². The third kappa shape index (κ3) is 3.24. The highest BCUT2D eigenvalue weighted by molar-refractivity contribution is 5.78. The van der Waals surface area contributed by atoms with Crippen molar-refractivity contribution in [3.63, 3.8) is 0 Å². The van der Waals surface area contributed by atoms with E-state index in [2.05, 4.69) is 15.0 Å². The van der Waals surface area contributed by atoms with Crippen molar-refractivity contribution in [2.45, 2.75) is 38.5 Å². The highest BCUT2D eigenvalue weighted by Crippen LogP contribution is 2.22. The predicted octanol–water partition coefficient (Wildman–Crippen LogP) is -0.418. The molecule has 1 N–H and O–H groups in total. The summed E-state index contributed by atoms with van der Waals surface area (Å²) >= 11 is 0. The average molecular weight is 293 g/mol. The van der Waals surface area contributed by atoms with Crippen LogP contribution < -0.4 is 0 Å². The molecular formula is C14H23N5O2. The van der Waals surface area contributed by atoms with Crippen molar-refractivity contribution in [3.8, 4) is 0 Å². The maximum absolute atomic E-state index is 12.4. The van der Waals surface area contributed by atoms with Gasteiger partial charge in [0.15, 0.2) is 0 Å². The Hall–Kier alpha value is -1.47. The zero-order valence-electron chi connectivity index (χ0n) is 12.4. The molecule has 2 fully saturated rings. The number of amides is 1. The van der Waals surface area contributed by atoms with Crippen LogP contribution >= 0.6 is 0 Å². The summed E-state index contributed by atoms with van der Waals surface area (Å²) < 4.78 is 1.71.